The van der Waals surface area contributed by atoms with Crippen molar-refractivity contribution in [2.45, 2.75) is 18.9 Å². The zero-order valence-electron chi connectivity index (χ0n) is 14.6. The molecule has 4 nitrogen and oxygen atoms in total. The van der Waals surface area contributed by atoms with Crippen LogP contribution in [-0.2, 0) is 11.3 Å². The van der Waals surface area contributed by atoms with Crippen molar-refractivity contribution in [2.24, 2.45) is 0 Å². The van der Waals surface area contributed by atoms with Crippen LogP contribution in [0.5, 0.6) is 0 Å². The molecule has 0 aliphatic rings. The Bertz CT molecular complexity index is 1040. The molecule has 0 saturated carbocycles. The minimum Gasteiger partial charge on any atom is -0.467 e. The van der Waals surface area contributed by atoms with Crippen molar-refractivity contribution in [3.05, 3.63) is 95.0 Å². The molecule has 0 fully saturated rings. The number of nitrogens with one attached hydrogen (secondary N) is 2. The molecule has 2 aromatic carbocycles. The highest BCUT2D eigenvalue weighted by Crippen LogP contribution is 2.33. The van der Waals surface area contributed by atoms with Crippen LogP contribution >= 0.6 is 11.6 Å². The third kappa shape index (κ3) is 3.91. The number of H-pyrrole nitrogens is 1. The highest BCUT2D eigenvalue weighted by molar-refractivity contribution is 6.30. The number of amides is 1. The Morgan fingerprint density at radius 1 is 1.07 bits per heavy atom. The zero-order chi connectivity index (χ0) is 18.6. The standard InChI is InChI=1S/C22H19ClN2O2/c23-16-9-7-15(8-10-16)19(12-22(26)25-13-17-4-3-11-27-17)20-14-24-21-6-2-1-5-18(20)21/h1-11,14,19,24H,12-13H2,(H,25,26)/t19-/m0/s1. The molecule has 0 bridgehead atoms. The molecule has 0 aliphatic carbocycles. The molecule has 2 N–H and O–H groups in total. The number of para-hydroxylation sites is 1. The van der Waals surface area contributed by atoms with E-state index in [4.69, 9.17) is 16.0 Å². The normalized spacial score (nSPS) is 12.2. The van der Waals surface area contributed by atoms with Crippen molar-refractivity contribution in [3.63, 3.8) is 0 Å². The minimum atomic E-state index is -0.0741. The lowest BCUT2D eigenvalue weighted by molar-refractivity contribution is -0.121. The van der Waals surface area contributed by atoms with Crippen molar-refractivity contribution in [1.29, 1.82) is 0 Å². The molecule has 0 spiro atoms. The summed E-state index contributed by atoms with van der Waals surface area (Å²) in [5.41, 5.74) is 3.21. The fourth-order valence-corrected chi connectivity index (χ4v) is 3.47. The van der Waals surface area contributed by atoms with Crippen molar-refractivity contribution >= 4 is 28.4 Å². The third-order valence-electron chi connectivity index (χ3n) is 4.70. The van der Waals surface area contributed by atoms with E-state index in [1.165, 1.54) is 0 Å². The molecule has 2 heterocycles. The number of carbonyl (C=O) groups excluding carboxylic acids is 1. The number of hydrogen-bond donors (Lipinski definition) is 2. The van der Waals surface area contributed by atoms with Crippen molar-refractivity contribution in [1.82, 2.24) is 10.3 Å². The molecule has 0 aliphatic heterocycles. The number of hydrogen-bond acceptors (Lipinski definition) is 2. The summed E-state index contributed by atoms with van der Waals surface area (Å²) in [6, 6.07) is 19.5. The minimum absolute atomic E-state index is 0.0309. The molecular formula is C22H19ClN2O2. The quantitative estimate of drug-likeness (QED) is 0.481. The van der Waals surface area contributed by atoms with Gasteiger partial charge in [-0.05, 0) is 41.5 Å². The smallest absolute Gasteiger partial charge is 0.221 e. The molecular weight excluding hydrogens is 360 g/mol. The Morgan fingerprint density at radius 2 is 1.89 bits per heavy atom. The van der Waals surface area contributed by atoms with Gasteiger partial charge in [-0.3, -0.25) is 4.79 Å². The summed E-state index contributed by atoms with van der Waals surface area (Å²) in [4.78, 5) is 15.9. The van der Waals surface area contributed by atoms with Crippen LogP contribution in [0.4, 0.5) is 0 Å². The van der Waals surface area contributed by atoms with Gasteiger partial charge in [0.15, 0.2) is 0 Å². The van der Waals surface area contributed by atoms with E-state index in [9.17, 15) is 4.79 Å². The number of rotatable bonds is 6. The predicted octanol–water partition coefficient (Wildman–Crippen LogP) is 5.25. The zero-order valence-corrected chi connectivity index (χ0v) is 15.4. The molecule has 4 aromatic rings. The lowest BCUT2D eigenvalue weighted by atomic mass is 9.88. The van der Waals surface area contributed by atoms with Crippen LogP contribution in [0.1, 0.15) is 29.2 Å². The van der Waals surface area contributed by atoms with Crippen molar-refractivity contribution in [3.8, 4) is 0 Å². The van der Waals surface area contributed by atoms with Gasteiger partial charge in [-0.2, -0.15) is 0 Å². The Hall–Kier alpha value is -2.98. The number of fused-ring (bicyclic) bond motifs is 1. The summed E-state index contributed by atoms with van der Waals surface area (Å²) in [5.74, 6) is 0.630. The van der Waals surface area contributed by atoms with Gasteiger partial charge in [-0.1, -0.05) is 41.9 Å². The number of aromatic amines is 1. The summed E-state index contributed by atoms with van der Waals surface area (Å²) in [7, 11) is 0. The van der Waals surface area contributed by atoms with Gasteiger partial charge < -0.3 is 14.7 Å². The first-order valence-electron chi connectivity index (χ1n) is 8.81. The van der Waals surface area contributed by atoms with Crippen LogP contribution in [-0.4, -0.2) is 10.9 Å². The lowest BCUT2D eigenvalue weighted by Gasteiger charge is -2.17. The van der Waals surface area contributed by atoms with Gasteiger partial charge >= 0.3 is 0 Å². The van der Waals surface area contributed by atoms with E-state index in [0.29, 0.717) is 18.0 Å². The summed E-state index contributed by atoms with van der Waals surface area (Å²) in [5, 5.41) is 4.74. The maximum atomic E-state index is 12.6. The second kappa shape index (κ2) is 7.72. The molecule has 1 atom stereocenters. The van der Waals surface area contributed by atoms with Crippen molar-refractivity contribution < 1.29 is 9.21 Å². The monoisotopic (exact) mass is 378 g/mol. The SMILES string of the molecule is O=C(C[C@@H](c1ccc(Cl)cc1)c1c[nH]c2ccccc12)NCc1ccco1. The average molecular weight is 379 g/mol. The highest BCUT2D eigenvalue weighted by Gasteiger charge is 2.21. The Labute approximate surface area is 162 Å². The summed E-state index contributed by atoms with van der Waals surface area (Å²) in [6.45, 7) is 0.382. The molecule has 0 saturated heterocycles. The van der Waals surface area contributed by atoms with Crippen LogP contribution in [0.3, 0.4) is 0 Å². The largest absolute Gasteiger partial charge is 0.467 e. The van der Waals surface area contributed by atoms with E-state index in [-0.39, 0.29) is 11.8 Å². The maximum Gasteiger partial charge on any atom is 0.221 e. The van der Waals surface area contributed by atoms with Crippen LogP contribution < -0.4 is 5.32 Å². The van der Waals surface area contributed by atoms with E-state index in [2.05, 4.69) is 16.4 Å². The topological polar surface area (TPSA) is 58.0 Å². The Balaban J connectivity index is 1.62. The van der Waals surface area contributed by atoms with Crippen molar-refractivity contribution in [2.75, 3.05) is 0 Å². The van der Waals surface area contributed by atoms with Gasteiger partial charge in [0.05, 0.1) is 12.8 Å². The van der Waals surface area contributed by atoms with E-state index >= 15 is 0 Å². The molecule has 0 unspecified atom stereocenters. The predicted molar refractivity (Wildman–Crippen MR) is 107 cm³/mol. The summed E-state index contributed by atoms with van der Waals surface area (Å²) >= 11 is 6.05. The van der Waals surface area contributed by atoms with Crippen LogP contribution in [0.15, 0.2) is 77.5 Å². The van der Waals surface area contributed by atoms with Crippen LogP contribution in [0, 0.1) is 0 Å². The fraction of sp³-hybridized carbons (Fsp3) is 0.136. The van der Waals surface area contributed by atoms with Gasteiger partial charge in [0.25, 0.3) is 0 Å². The number of aromatic nitrogens is 1. The van der Waals surface area contributed by atoms with Crippen LogP contribution in [0.2, 0.25) is 5.02 Å². The van der Waals surface area contributed by atoms with E-state index in [1.54, 1.807) is 6.26 Å². The Kier molecular flexibility index (Phi) is 4.99. The van der Waals surface area contributed by atoms with Gasteiger partial charge in [-0.25, -0.2) is 0 Å². The average Bonchev–Trinajstić information content (AvgIpc) is 3.35. The third-order valence-corrected chi connectivity index (χ3v) is 4.95. The second-order valence-corrected chi connectivity index (χ2v) is 6.89. The van der Waals surface area contributed by atoms with E-state index in [0.717, 1.165) is 27.8 Å². The Morgan fingerprint density at radius 3 is 2.67 bits per heavy atom. The molecule has 0 radical (unpaired) electrons. The summed E-state index contributed by atoms with van der Waals surface area (Å²) < 4.78 is 5.28. The lowest BCUT2D eigenvalue weighted by Crippen LogP contribution is -2.24. The first-order chi connectivity index (χ1) is 13.2. The summed E-state index contributed by atoms with van der Waals surface area (Å²) in [6.07, 6.45) is 3.93. The molecule has 136 valence electrons. The molecule has 1 amide bonds. The first-order valence-corrected chi connectivity index (χ1v) is 9.19. The van der Waals surface area contributed by atoms with Gasteiger partial charge in [0.1, 0.15) is 5.76 Å². The maximum absolute atomic E-state index is 12.6. The van der Waals surface area contributed by atoms with Gasteiger partial charge in [-0.15, -0.1) is 0 Å². The van der Waals surface area contributed by atoms with E-state index < -0.39 is 0 Å². The number of benzene rings is 2. The first kappa shape index (κ1) is 17.4. The highest BCUT2D eigenvalue weighted by atomic mass is 35.5. The van der Waals surface area contributed by atoms with E-state index in [1.807, 2.05) is 60.8 Å². The van der Waals surface area contributed by atoms with Gasteiger partial charge in [0.2, 0.25) is 5.91 Å². The molecule has 2 aromatic heterocycles. The molecule has 27 heavy (non-hydrogen) atoms. The molecule has 5 heteroatoms. The number of furan rings is 1. The number of carbonyl (C=O) groups is 1. The van der Waals surface area contributed by atoms with Gasteiger partial charge in [0, 0.05) is 34.5 Å². The van der Waals surface area contributed by atoms with Crippen LogP contribution in [0.25, 0.3) is 10.9 Å². The fourth-order valence-electron chi connectivity index (χ4n) is 3.34. The number of halogens is 1. The second-order valence-electron chi connectivity index (χ2n) is 6.45. The molecule has 4 rings (SSSR count).